The maximum absolute atomic E-state index is 14.2. The largest absolute Gasteiger partial charge is 0.451 e. The van der Waals surface area contributed by atoms with Gasteiger partial charge in [0, 0.05) is 73.8 Å². The first-order chi connectivity index (χ1) is 29.7. The Morgan fingerprint density at radius 2 is 1.51 bits per heavy atom. The smallest absolute Gasteiger partial charge is 0.415 e. The Morgan fingerprint density at radius 3 is 2.20 bits per heavy atom. The van der Waals surface area contributed by atoms with Crippen molar-refractivity contribution >= 4 is 72.9 Å². The highest BCUT2D eigenvalue weighted by molar-refractivity contribution is 9.09. The number of nitrogens with zero attached hydrogens (tertiary/aromatic N) is 4. The average molecular weight is 908 g/mol. The van der Waals surface area contributed by atoms with Crippen molar-refractivity contribution in [2.24, 2.45) is 5.10 Å². The summed E-state index contributed by atoms with van der Waals surface area (Å²) in [6, 6.07) is 16.8. The summed E-state index contributed by atoms with van der Waals surface area (Å²) in [5.41, 5.74) is 6.13. The maximum Gasteiger partial charge on any atom is 0.415 e. The highest BCUT2D eigenvalue weighted by Crippen LogP contribution is 2.46. The number of anilines is 1. The third-order valence-electron chi connectivity index (χ3n) is 10.5. The number of benzene rings is 3. The van der Waals surface area contributed by atoms with Crippen LogP contribution in [0.3, 0.4) is 0 Å². The van der Waals surface area contributed by atoms with E-state index in [4.69, 9.17) is 28.1 Å². The predicted molar refractivity (Wildman–Crippen MR) is 235 cm³/mol. The van der Waals surface area contributed by atoms with Crippen LogP contribution in [0, 0.1) is 0 Å². The van der Waals surface area contributed by atoms with Gasteiger partial charge in [0.25, 0.3) is 5.91 Å². The van der Waals surface area contributed by atoms with Crippen molar-refractivity contribution < 1.29 is 47.3 Å². The summed E-state index contributed by atoms with van der Waals surface area (Å²) in [5.74, 6) is -0.0128. The van der Waals surface area contributed by atoms with Gasteiger partial charge in [-0.3, -0.25) is 14.4 Å². The van der Waals surface area contributed by atoms with Crippen molar-refractivity contribution in [3.63, 3.8) is 0 Å². The van der Waals surface area contributed by atoms with Gasteiger partial charge in [0.05, 0.1) is 70.7 Å². The number of carbonyl (C=O) groups is 4. The SMILES string of the molecule is CCC(=O)NCCOCCOCCOCCOCCC(=O)N/N=C(\C)c1ccc2oc(C(=O)N3C[C@@H](CBr)c4c3cc(OC(=O)N3CCN(C)CC3)c3ccccc43)cc2c1. The van der Waals surface area contributed by atoms with Gasteiger partial charge in [-0.1, -0.05) is 47.1 Å². The van der Waals surface area contributed by atoms with Crippen LogP contribution < -0.4 is 20.4 Å². The fraction of sp³-hybridized carbons (Fsp3) is 0.477. The molecule has 0 radical (unpaired) electrons. The molecule has 0 saturated carbocycles. The predicted octanol–water partition coefficient (Wildman–Crippen LogP) is 5.29. The second-order valence-corrected chi connectivity index (χ2v) is 15.4. The van der Waals surface area contributed by atoms with Crippen LogP contribution in [-0.2, 0) is 28.5 Å². The van der Waals surface area contributed by atoms with Crippen molar-refractivity contribution in [1.29, 1.82) is 0 Å². The third kappa shape index (κ3) is 12.4. The number of likely N-dealkylation sites (N-methyl/N-ethyl adjacent to an activating group) is 1. The van der Waals surface area contributed by atoms with E-state index < -0.39 is 6.09 Å². The number of halogens is 1. The Kier molecular flexibility index (Phi) is 17.0. The lowest BCUT2D eigenvalue weighted by molar-refractivity contribution is -0.122. The Morgan fingerprint density at radius 1 is 0.836 bits per heavy atom. The Hall–Kier alpha value is -4.91. The number of carbonyl (C=O) groups excluding carboxylic acids is 4. The summed E-state index contributed by atoms with van der Waals surface area (Å²) < 4.78 is 34.0. The van der Waals surface area contributed by atoms with E-state index >= 15 is 0 Å². The van der Waals surface area contributed by atoms with Crippen LogP contribution >= 0.6 is 15.9 Å². The fourth-order valence-electron chi connectivity index (χ4n) is 7.05. The molecule has 1 atom stereocenters. The summed E-state index contributed by atoms with van der Waals surface area (Å²) in [6.07, 6.45) is 0.174. The quantitative estimate of drug-likeness (QED) is 0.0482. The third-order valence-corrected chi connectivity index (χ3v) is 11.3. The standard InChI is InChI=1S/C44H55BrN6O10/c1-4-40(52)46-12-18-57-20-22-59-24-23-58-21-19-56-17-11-41(53)48-47-30(2)31-9-10-37-32(25-31)26-39(60-37)43(54)51-29-33(28-45)42-35-8-6-5-7-34(35)38(27-36(42)51)61-44(55)50-15-13-49(3)14-16-50/h5-10,25-27,33H,4,11-24,28-29H2,1-3H3,(H,46,52)(H,48,53)/b47-30+/t33-/m1/s1. The van der Waals surface area contributed by atoms with Crippen molar-refractivity contribution in [1.82, 2.24) is 20.5 Å². The molecule has 61 heavy (non-hydrogen) atoms. The molecule has 0 aliphatic carbocycles. The van der Waals surface area contributed by atoms with E-state index in [1.54, 1.807) is 35.8 Å². The van der Waals surface area contributed by atoms with Crippen LogP contribution in [0.5, 0.6) is 5.75 Å². The van der Waals surface area contributed by atoms with Crippen LogP contribution in [0.1, 0.15) is 54.3 Å². The lowest BCUT2D eigenvalue weighted by atomic mass is 9.95. The highest BCUT2D eigenvalue weighted by Gasteiger charge is 2.36. The topological polar surface area (TPSA) is 174 Å². The number of ether oxygens (including phenoxy) is 5. The number of amides is 4. The van der Waals surface area contributed by atoms with Gasteiger partial charge in [-0.25, -0.2) is 10.2 Å². The number of piperazine rings is 1. The minimum atomic E-state index is -0.408. The van der Waals surface area contributed by atoms with Gasteiger partial charge < -0.3 is 48.1 Å². The summed E-state index contributed by atoms with van der Waals surface area (Å²) in [4.78, 5) is 56.8. The number of fused-ring (bicyclic) bond motifs is 4. The van der Waals surface area contributed by atoms with E-state index in [9.17, 15) is 19.2 Å². The van der Waals surface area contributed by atoms with Gasteiger partial charge >= 0.3 is 6.09 Å². The lowest BCUT2D eigenvalue weighted by Gasteiger charge is -2.31. The molecule has 1 fully saturated rings. The second kappa shape index (κ2) is 22.8. The van der Waals surface area contributed by atoms with Crippen LogP contribution in [0.4, 0.5) is 10.5 Å². The number of hydrogen-bond acceptors (Lipinski definition) is 12. The maximum atomic E-state index is 14.2. The van der Waals surface area contributed by atoms with E-state index in [0.29, 0.717) is 112 Å². The van der Waals surface area contributed by atoms with E-state index in [1.165, 1.54) is 0 Å². The summed E-state index contributed by atoms with van der Waals surface area (Å²) in [5, 5.41) is 10.1. The molecule has 16 nitrogen and oxygen atoms in total. The Bertz CT molecular complexity index is 2170. The molecular weight excluding hydrogens is 852 g/mol. The molecule has 1 saturated heterocycles. The molecule has 2 N–H and O–H groups in total. The minimum absolute atomic E-state index is 0.00151. The lowest BCUT2D eigenvalue weighted by Crippen LogP contribution is -2.48. The molecule has 4 aromatic rings. The molecule has 1 aromatic heterocycles. The van der Waals surface area contributed by atoms with Crippen molar-refractivity contribution in [3.05, 3.63) is 71.5 Å². The van der Waals surface area contributed by atoms with Gasteiger partial charge in [0.1, 0.15) is 11.3 Å². The molecule has 0 spiro atoms. The van der Waals surface area contributed by atoms with Gasteiger partial charge in [0.2, 0.25) is 11.8 Å². The summed E-state index contributed by atoms with van der Waals surface area (Å²) in [6.45, 7) is 10.3. The van der Waals surface area contributed by atoms with Gasteiger partial charge in [0.15, 0.2) is 5.76 Å². The van der Waals surface area contributed by atoms with Crippen molar-refractivity contribution in [3.8, 4) is 5.75 Å². The molecule has 2 aliphatic heterocycles. The second-order valence-electron chi connectivity index (χ2n) is 14.8. The van der Waals surface area contributed by atoms with Crippen LogP contribution in [-0.4, -0.2) is 144 Å². The number of hydrogen-bond donors (Lipinski definition) is 2. The molecule has 17 heteroatoms. The monoisotopic (exact) mass is 906 g/mol. The molecule has 0 unspecified atom stereocenters. The normalized spacial score (nSPS) is 15.7. The van der Waals surface area contributed by atoms with E-state index in [2.05, 4.69) is 36.7 Å². The molecule has 4 amide bonds. The van der Waals surface area contributed by atoms with E-state index in [1.807, 2.05) is 49.5 Å². The van der Waals surface area contributed by atoms with Gasteiger partial charge in [-0.2, -0.15) is 5.10 Å². The number of furan rings is 1. The number of rotatable bonds is 21. The number of nitrogens with one attached hydrogen (secondary N) is 2. The van der Waals surface area contributed by atoms with Crippen LogP contribution in [0.15, 0.2) is 64.1 Å². The minimum Gasteiger partial charge on any atom is -0.451 e. The molecule has 328 valence electrons. The first kappa shape index (κ1) is 45.6. The zero-order chi connectivity index (χ0) is 43.1. The summed E-state index contributed by atoms with van der Waals surface area (Å²) >= 11 is 3.67. The molecule has 6 rings (SSSR count). The fourth-order valence-corrected chi connectivity index (χ4v) is 7.58. The average Bonchev–Trinajstić information content (AvgIpc) is 3.88. The first-order valence-electron chi connectivity index (χ1n) is 20.7. The molecule has 2 aliphatic rings. The first-order valence-corrected chi connectivity index (χ1v) is 21.8. The number of hydrazone groups is 1. The van der Waals surface area contributed by atoms with Crippen LogP contribution in [0.2, 0.25) is 0 Å². The molecule has 3 aromatic carbocycles. The summed E-state index contributed by atoms with van der Waals surface area (Å²) in [7, 11) is 2.03. The molecule has 0 bridgehead atoms. The Labute approximate surface area is 363 Å². The molecular formula is C44H55BrN6O10. The van der Waals surface area contributed by atoms with E-state index in [-0.39, 0.29) is 42.4 Å². The Balaban J connectivity index is 0.974. The van der Waals surface area contributed by atoms with E-state index in [0.717, 1.165) is 35.0 Å². The molecule has 3 heterocycles. The highest BCUT2D eigenvalue weighted by atomic mass is 79.9. The zero-order valence-corrected chi connectivity index (χ0v) is 36.6. The number of alkyl halides is 1. The van der Waals surface area contributed by atoms with Gasteiger partial charge in [-0.15, -0.1) is 0 Å². The van der Waals surface area contributed by atoms with Crippen molar-refractivity contribution in [2.45, 2.75) is 32.6 Å². The zero-order valence-electron chi connectivity index (χ0n) is 35.0. The van der Waals surface area contributed by atoms with Crippen LogP contribution in [0.25, 0.3) is 21.7 Å². The van der Waals surface area contributed by atoms with Gasteiger partial charge in [-0.05, 0) is 54.8 Å². The van der Waals surface area contributed by atoms with Crippen molar-refractivity contribution in [2.75, 3.05) is 109 Å².